The summed E-state index contributed by atoms with van der Waals surface area (Å²) in [6.45, 7) is 10.9. The number of nitrogens with zero attached hydrogens (tertiary/aromatic N) is 1. The number of hydrogen-bond acceptors (Lipinski definition) is 3. The molecule has 28 heavy (non-hydrogen) atoms. The lowest BCUT2D eigenvalue weighted by Gasteiger charge is -2.42. The van der Waals surface area contributed by atoms with E-state index in [0.29, 0.717) is 31.7 Å². The Labute approximate surface area is 171 Å². The van der Waals surface area contributed by atoms with E-state index in [2.05, 4.69) is 26.0 Å². The van der Waals surface area contributed by atoms with Gasteiger partial charge in [-0.25, -0.2) is 4.79 Å². The van der Waals surface area contributed by atoms with Gasteiger partial charge in [0.25, 0.3) is 0 Å². The standard InChI is InChI=1S/C23H35NO3.CH4/c1-6-7-13-20(25)23(16-19-12-9-8-11-18(19)2)14-10-15-24(17-23)21(26)27-22(3,4)5;/h8-9,11-12H,6-7,10,13-17H2,1-5H3;1H4. The van der Waals surface area contributed by atoms with Crippen LogP contribution in [0.1, 0.15) is 78.4 Å². The number of ketones is 1. The Bertz CT molecular complexity index is 662. The molecule has 0 N–H and O–H groups in total. The van der Waals surface area contributed by atoms with Crippen LogP contribution in [0.5, 0.6) is 0 Å². The van der Waals surface area contributed by atoms with Crippen molar-refractivity contribution in [2.45, 2.75) is 86.2 Å². The second kappa shape index (κ2) is 10.1. The number of carbonyl (C=O) groups excluding carboxylic acids is 2. The molecule has 1 atom stereocenters. The first-order valence-corrected chi connectivity index (χ1v) is 10.2. The fourth-order valence-electron chi connectivity index (χ4n) is 3.86. The monoisotopic (exact) mass is 389 g/mol. The maximum atomic E-state index is 13.3. The molecule has 4 nitrogen and oxygen atoms in total. The third-order valence-electron chi connectivity index (χ3n) is 5.37. The molecular formula is C24H39NO3. The van der Waals surface area contributed by atoms with Crippen LogP contribution in [0.4, 0.5) is 4.79 Å². The average Bonchev–Trinajstić information content (AvgIpc) is 2.60. The highest BCUT2D eigenvalue weighted by atomic mass is 16.6. The quantitative estimate of drug-likeness (QED) is 0.604. The molecule has 0 spiro atoms. The van der Waals surface area contributed by atoms with Gasteiger partial charge in [0.1, 0.15) is 11.4 Å². The van der Waals surface area contributed by atoms with Crippen molar-refractivity contribution < 1.29 is 14.3 Å². The van der Waals surface area contributed by atoms with Crippen LogP contribution in [0.2, 0.25) is 0 Å². The van der Waals surface area contributed by atoms with E-state index in [1.807, 2.05) is 32.9 Å². The number of unbranched alkanes of at least 4 members (excludes halogenated alkanes) is 1. The minimum absolute atomic E-state index is 0. The van der Waals surface area contributed by atoms with Crippen molar-refractivity contribution in [1.82, 2.24) is 4.90 Å². The first-order chi connectivity index (χ1) is 12.7. The normalized spacial score (nSPS) is 19.7. The highest BCUT2D eigenvalue weighted by Crippen LogP contribution is 2.37. The Morgan fingerprint density at radius 1 is 1.21 bits per heavy atom. The Balaban J connectivity index is 0.00000392. The third-order valence-corrected chi connectivity index (χ3v) is 5.37. The van der Waals surface area contributed by atoms with E-state index in [1.165, 1.54) is 11.1 Å². The Kier molecular flexibility index (Phi) is 8.72. The number of benzene rings is 1. The van der Waals surface area contributed by atoms with Gasteiger partial charge in [-0.1, -0.05) is 45.0 Å². The van der Waals surface area contributed by atoms with E-state index in [0.717, 1.165) is 25.7 Å². The molecule has 1 aromatic rings. The molecule has 1 saturated heterocycles. The van der Waals surface area contributed by atoms with E-state index in [-0.39, 0.29) is 13.5 Å². The van der Waals surface area contributed by atoms with Gasteiger partial charge in [-0.05, 0) is 64.5 Å². The number of aryl methyl sites for hydroxylation is 1. The van der Waals surface area contributed by atoms with Crippen molar-refractivity contribution in [3.8, 4) is 0 Å². The number of likely N-dealkylation sites (tertiary alicyclic amines) is 1. The number of carbonyl (C=O) groups is 2. The minimum atomic E-state index is -0.528. The summed E-state index contributed by atoms with van der Waals surface area (Å²) in [5.41, 5.74) is 1.37. The lowest BCUT2D eigenvalue weighted by Crippen LogP contribution is -2.52. The van der Waals surface area contributed by atoms with Crippen LogP contribution < -0.4 is 0 Å². The summed E-state index contributed by atoms with van der Waals surface area (Å²) in [7, 11) is 0. The summed E-state index contributed by atoms with van der Waals surface area (Å²) < 4.78 is 5.58. The Morgan fingerprint density at radius 2 is 1.89 bits per heavy atom. The molecule has 1 aliphatic heterocycles. The van der Waals surface area contributed by atoms with Crippen molar-refractivity contribution in [2.75, 3.05) is 13.1 Å². The van der Waals surface area contributed by atoms with E-state index >= 15 is 0 Å². The van der Waals surface area contributed by atoms with Crippen LogP contribution in [-0.2, 0) is 16.0 Å². The number of hydrogen-bond donors (Lipinski definition) is 0. The second-order valence-corrected chi connectivity index (χ2v) is 8.92. The average molecular weight is 390 g/mol. The summed E-state index contributed by atoms with van der Waals surface area (Å²) >= 11 is 0. The maximum absolute atomic E-state index is 13.3. The summed E-state index contributed by atoms with van der Waals surface area (Å²) in [4.78, 5) is 27.7. The zero-order valence-electron chi connectivity index (χ0n) is 17.6. The van der Waals surface area contributed by atoms with Crippen molar-refractivity contribution in [2.24, 2.45) is 5.41 Å². The van der Waals surface area contributed by atoms with Gasteiger partial charge in [0.15, 0.2) is 0 Å². The van der Waals surface area contributed by atoms with E-state index < -0.39 is 11.0 Å². The number of rotatable bonds is 6. The van der Waals surface area contributed by atoms with Crippen LogP contribution in [0.3, 0.4) is 0 Å². The predicted molar refractivity (Wildman–Crippen MR) is 116 cm³/mol. The second-order valence-electron chi connectivity index (χ2n) is 8.92. The maximum Gasteiger partial charge on any atom is 0.410 e. The highest BCUT2D eigenvalue weighted by molar-refractivity contribution is 5.86. The number of piperidine rings is 1. The van der Waals surface area contributed by atoms with Gasteiger partial charge in [-0.2, -0.15) is 0 Å². The lowest BCUT2D eigenvalue weighted by molar-refractivity contribution is -0.132. The van der Waals surface area contributed by atoms with Gasteiger partial charge in [0.05, 0.1) is 5.41 Å². The molecule has 158 valence electrons. The molecule has 1 fully saturated rings. The number of amides is 1. The zero-order valence-corrected chi connectivity index (χ0v) is 17.6. The molecular weight excluding hydrogens is 350 g/mol. The van der Waals surface area contributed by atoms with Gasteiger partial charge < -0.3 is 9.64 Å². The minimum Gasteiger partial charge on any atom is -0.444 e. The van der Waals surface area contributed by atoms with E-state index in [9.17, 15) is 9.59 Å². The van der Waals surface area contributed by atoms with Gasteiger partial charge in [-0.3, -0.25) is 4.79 Å². The molecule has 1 amide bonds. The van der Waals surface area contributed by atoms with Crippen LogP contribution in [0.15, 0.2) is 24.3 Å². The van der Waals surface area contributed by atoms with Crippen molar-refractivity contribution in [3.05, 3.63) is 35.4 Å². The molecule has 4 heteroatoms. The molecule has 0 bridgehead atoms. The van der Waals surface area contributed by atoms with Crippen LogP contribution >= 0.6 is 0 Å². The fourth-order valence-corrected chi connectivity index (χ4v) is 3.86. The summed E-state index contributed by atoms with van der Waals surface area (Å²) in [5, 5.41) is 0. The first kappa shape index (κ1) is 24.2. The van der Waals surface area contributed by atoms with E-state index in [1.54, 1.807) is 4.90 Å². The molecule has 0 aromatic heterocycles. The van der Waals surface area contributed by atoms with Gasteiger partial charge in [0, 0.05) is 19.5 Å². The molecule has 0 aliphatic carbocycles. The smallest absolute Gasteiger partial charge is 0.410 e. The largest absolute Gasteiger partial charge is 0.444 e. The number of Topliss-reactive ketones (excluding diaryl/α,β-unsaturated/α-hetero) is 1. The van der Waals surface area contributed by atoms with Crippen LogP contribution in [-0.4, -0.2) is 35.5 Å². The Hall–Kier alpha value is -1.84. The summed E-state index contributed by atoms with van der Waals surface area (Å²) in [5.74, 6) is 0.292. The molecule has 1 aliphatic rings. The Morgan fingerprint density at radius 3 is 2.50 bits per heavy atom. The molecule has 0 radical (unpaired) electrons. The van der Waals surface area contributed by atoms with E-state index in [4.69, 9.17) is 4.74 Å². The summed E-state index contributed by atoms with van der Waals surface area (Å²) in [6, 6.07) is 8.25. The first-order valence-electron chi connectivity index (χ1n) is 10.2. The molecule has 0 saturated carbocycles. The predicted octanol–water partition coefficient (Wildman–Crippen LogP) is 5.95. The summed E-state index contributed by atoms with van der Waals surface area (Å²) in [6.07, 6.45) is 4.56. The third kappa shape index (κ3) is 6.35. The van der Waals surface area contributed by atoms with Gasteiger partial charge in [-0.15, -0.1) is 0 Å². The molecule has 2 rings (SSSR count). The highest BCUT2D eigenvalue weighted by Gasteiger charge is 2.43. The van der Waals surface area contributed by atoms with Gasteiger partial charge >= 0.3 is 6.09 Å². The van der Waals surface area contributed by atoms with Gasteiger partial charge in [0.2, 0.25) is 0 Å². The van der Waals surface area contributed by atoms with Crippen molar-refractivity contribution in [3.63, 3.8) is 0 Å². The zero-order chi connectivity index (χ0) is 20.1. The molecule has 1 unspecified atom stereocenters. The SMILES string of the molecule is C.CCCCC(=O)C1(Cc2ccccc2C)CCCN(C(=O)OC(C)(C)C)C1. The van der Waals surface area contributed by atoms with Crippen molar-refractivity contribution in [1.29, 1.82) is 0 Å². The van der Waals surface area contributed by atoms with Crippen molar-refractivity contribution >= 4 is 11.9 Å². The number of ether oxygens (including phenoxy) is 1. The molecule has 1 heterocycles. The fraction of sp³-hybridized carbons (Fsp3) is 0.667. The van der Waals surface area contributed by atoms with Crippen LogP contribution in [0.25, 0.3) is 0 Å². The molecule has 1 aromatic carbocycles. The lowest BCUT2D eigenvalue weighted by atomic mass is 9.70. The van der Waals surface area contributed by atoms with Crippen LogP contribution in [0, 0.1) is 12.3 Å². The topological polar surface area (TPSA) is 46.6 Å².